The number of rotatable bonds is 8. The number of hydrogen-bond donors (Lipinski definition) is 2. The molecule has 3 rings (SSSR count). The van der Waals surface area contributed by atoms with Crippen molar-refractivity contribution in [1.29, 1.82) is 0 Å². The molecule has 3 aliphatic heterocycles. The molecule has 11 heteroatoms. The number of aliphatic hydroxyl groups is 2. The van der Waals surface area contributed by atoms with Gasteiger partial charge in [-0.15, -0.1) is 0 Å². The lowest BCUT2D eigenvalue weighted by Crippen LogP contribution is -2.65. The monoisotopic (exact) mass is 695 g/mol. The van der Waals surface area contributed by atoms with Crippen molar-refractivity contribution in [2.45, 2.75) is 155 Å². The Kier molecular flexibility index (Phi) is 15.9. The van der Waals surface area contributed by atoms with Gasteiger partial charge in [0, 0.05) is 26.4 Å². The number of nitrogens with zero attached hydrogens (tertiary/aromatic N) is 1. The molecule has 0 amide bonds. The van der Waals surface area contributed by atoms with Gasteiger partial charge >= 0.3 is 5.97 Å². The molecule has 0 radical (unpaired) electrons. The highest BCUT2D eigenvalue weighted by atomic mass is 16.7. The second-order valence-electron chi connectivity index (χ2n) is 15.7. The average Bonchev–Trinajstić information content (AvgIpc) is 3.00. The molecule has 2 saturated heterocycles. The molecule has 49 heavy (non-hydrogen) atoms. The lowest BCUT2D eigenvalue weighted by atomic mass is 9.73. The van der Waals surface area contributed by atoms with Gasteiger partial charge in [-0.3, -0.25) is 4.79 Å². The van der Waals surface area contributed by atoms with Crippen molar-refractivity contribution < 1.29 is 48.2 Å². The fourth-order valence-electron chi connectivity index (χ4n) is 7.64. The largest absolute Gasteiger partial charge is 0.462 e. The molecule has 11 nitrogen and oxygen atoms in total. The van der Waals surface area contributed by atoms with E-state index >= 15 is 0 Å². The maximum Gasteiger partial charge on any atom is 0.306 e. The Bertz CT molecular complexity index is 1100. The van der Waals surface area contributed by atoms with Crippen molar-refractivity contribution in [2.24, 2.45) is 29.1 Å². The van der Waals surface area contributed by atoms with E-state index in [0.717, 1.165) is 6.29 Å². The van der Waals surface area contributed by atoms with Crippen LogP contribution in [-0.2, 0) is 38.0 Å². The summed E-state index contributed by atoms with van der Waals surface area (Å²) in [6.07, 6.45) is 3.61. The number of allylic oxidation sites excluding steroid dienone is 2. The smallest absolute Gasteiger partial charge is 0.306 e. The Morgan fingerprint density at radius 1 is 0.959 bits per heavy atom. The van der Waals surface area contributed by atoms with E-state index in [4.69, 9.17) is 28.4 Å². The molecule has 6 unspecified atom stereocenters. The number of aldehydes is 1. The molecule has 3 heterocycles. The topological polar surface area (TPSA) is 133 Å². The molecule has 2 N–H and O–H groups in total. The van der Waals surface area contributed by atoms with Crippen LogP contribution in [0.5, 0.6) is 0 Å². The molecule has 0 spiro atoms. The molecule has 2 fully saturated rings. The SMILES string of the molecule is COC1[C@H](C)CC(=O)O[C@H](C)C/C=C/C=C/[C@H](O)[C@H](C)C[C@H](CC=O)[C@@H]1O[C@@H]1O[C@H](C)C(OC2CC(C)(C)[C@@H](C)C(C)O2)C(N(C)C)C1O. The Morgan fingerprint density at radius 3 is 2.27 bits per heavy atom. The van der Waals surface area contributed by atoms with Gasteiger partial charge in [-0.1, -0.05) is 58.9 Å². The first kappa shape index (κ1) is 41.7. The number of aliphatic hydroxyl groups excluding tert-OH is 2. The molecule has 0 aromatic rings. The molecular weight excluding hydrogens is 630 g/mol. The zero-order valence-corrected chi connectivity index (χ0v) is 31.7. The summed E-state index contributed by atoms with van der Waals surface area (Å²) in [6.45, 7) is 16.3. The van der Waals surface area contributed by atoms with Gasteiger partial charge in [0.25, 0.3) is 0 Å². The zero-order chi connectivity index (χ0) is 36.6. The summed E-state index contributed by atoms with van der Waals surface area (Å²) >= 11 is 0. The second kappa shape index (κ2) is 18.7. The fourth-order valence-corrected chi connectivity index (χ4v) is 7.64. The van der Waals surface area contributed by atoms with Gasteiger partial charge in [0.1, 0.15) is 24.6 Å². The predicted octanol–water partition coefficient (Wildman–Crippen LogP) is 4.67. The van der Waals surface area contributed by atoms with E-state index in [2.05, 4.69) is 27.7 Å². The minimum Gasteiger partial charge on any atom is -0.462 e. The molecule has 282 valence electrons. The Morgan fingerprint density at radius 2 is 1.65 bits per heavy atom. The number of cyclic esters (lactones) is 1. The van der Waals surface area contributed by atoms with Gasteiger partial charge in [-0.25, -0.2) is 0 Å². The predicted molar refractivity (Wildman–Crippen MR) is 186 cm³/mol. The van der Waals surface area contributed by atoms with Crippen LogP contribution in [0.3, 0.4) is 0 Å². The minimum absolute atomic E-state index is 0.00425. The molecule has 15 atom stereocenters. The van der Waals surface area contributed by atoms with Crippen LogP contribution in [0.25, 0.3) is 0 Å². The second-order valence-corrected chi connectivity index (χ2v) is 15.7. The minimum atomic E-state index is -1.14. The number of carbonyl (C=O) groups excluding carboxylic acids is 2. The first-order valence-corrected chi connectivity index (χ1v) is 18.1. The van der Waals surface area contributed by atoms with Crippen LogP contribution in [-0.4, -0.2) is 116 Å². The number of carbonyl (C=O) groups is 2. The lowest BCUT2D eigenvalue weighted by molar-refractivity contribution is -0.337. The standard InChI is InChI=1S/C38H65NO10/c1-22-19-28(17-18-40)36(34(44-11)23(2)20-30(42)45-24(3)15-13-12-14-16-29(22)41)49-37-33(43)32(39(9)10)35(27(6)47-37)48-31-21-38(7,8)25(4)26(5)46-31/h12-14,16,18,22-29,31-37,41,43H,15,17,19-21H2,1-11H3/b13-12+,16-14+/t22-,23-,24-,25+,26?,27-,28+,29+,31?,32?,33?,34?,35?,36+,37+/m1/s1. The van der Waals surface area contributed by atoms with E-state index in [1.807, 2.05) is 58.8 Å². The van der Waals surface area contributed by atoms with Crippen molar-refractivity contribution in [2.75, 3.05) is 21.2 Å². The van der Waals surface area contributed by atoms with Gasteiger partial charge in [-0.2, -0.15) is 0 Å². The molecule has 0 bridgehead atoms. The highest BCUT2D eigenvalue weighted by Gasteiger charge is 2.50. The molecule has 0 aromatic heterocycles. The van der Waals surface area contributed by atoms with E-state index in [1.165, 1.54) is 0 Å². The Balaban J connectivity index is 1.94. The summed E-state index contributed by atoms with van der Waals surface area (Å²) in [4.78, 5) is 27.1. The van der Waals surface area contributed by atoms with Crippen molar-refractivity contribution >= 4 is 12.3 Å². The van der Waals surface area contributed by atoms with Crippen molar-refractivity contribution in [3.05, 3.63) is 24.3 Å². The van der Waals surface area contributed by atoms with Crippen molar-refractivity contribution in [3.63, 3.8) is 0 Å². The maximum atomic E-state index is 13.0. The van der Waals surface area contributed by atoms with Crippen molar-refractivity contribution in [3.8, 4) is 0 Å². The third-order valence-corrected chi connectivity index (χ3v) is 11.1. The van der Waals surface area contributed by atoms with E-state index in [9.17, 15) is 19.8 Å². The Hall–Kier alpha value is -1.70. The van der Waals surface area contributed by atoms with E-state index in [0.29, 0.717) is 25.2 Å². The van der Waals surface area contributed by atoms with Gasteiger partial charge in [0.05, 0.1) is 43.0 Å². The normalized spacial score (nSPS) is 44.2. The highest BCUT2D eigenvalue weighted by molar-refractivity contribution is 5.70. The fraction of sp³-hybridized carbons (Fsp3) is 0.842. The summed E-state index contributed by atoms with van der Waals surface area (Å²) in [6, 6.07) is -0.514. The summed E-state index contributed by atoms with van der Waals surface area (Å²) in [5, 5.41) is 22.9. The quantitative estimate of drug-likeness (QED) is 0.271. The number of likely N-dealkylation sites (N-methyl/N-ethyl adjacent to an activating group) is 1. The number of hydrogen-bond acceptors (Lipinski definition) is 11. The van der Waals surface area contributed by atoms with Crippen LogP contribution in [0.15, 0.2) is 24.3 Å². The summed E-state index contributed by atoms with van der Waals surface area (Å²) < 4.78 is 37.8. The zero-order valence-electron chi connectivity index (χ0n) is 31.7. The number of esters is 1. The third-order valence-electron chi connectivity index (χ3n) is 11.1. The van der Waals surface area contributed by atoms with Crippen LogP contribution in [0.2, 0.25) is 0 Å². The van der Waals surface area contributed by atoms with Gasteiger partial charge < -0.3 is 48.3 Å². The van der Waals surface area contributed by atoms with E-state index in [-0.39, 0.29) is 48.3 Å². The average molecular weight is 696 g/mol. The Labute approximate surface area is 294 Å². The summed E-state index contributed by atoms with van der Waals surface area (Å²) in [5.41, 5.74) is 0.00425. The summed E-state index contributed by atoms with van der Waals surface area (Å²) in [7, 11) is 5.32. The van der Waals surface area contributed by atoms with E-state index in [1.54, 1.807) is 19.3 Å². The van der Waals surface area contributed by atoms with Crippen LogP contribution in [0.1, 0.15) is 87.5 Å². The number of ether oxygens (including phenoxy) is 6. The third kappa shape index (κ3) is 11.1. The number of methoxy groups -OCH3 is 1. The lowest BCUT2D eigenvalue weighted by Gasteiger charge is -2.50. The molecule has 3 aliphatic rings. The van der Waals surface area contributed by atoms with Crippen LogP contribution in [0.4, 0.5) is 0 Å². The first-order valence-electron chi connectivity index (χ1n) is 18.1. The first-order chi connectivity index (χ1) is 23.0. The van der Waals surface area contributed by atoms with Gasteiger partial charge in [0.2, 0.25) is 0 Å². The molecule has 0 saturated carbocycles. The summed E-state index contributed by atoms with van der Waals surface area (Å²) in [5.74, 6) is -1.05. The highest BCUT2D eigenvalue weighted by Crippen LogP contribution is 2.42. The van der Waals surface area contributed by atoms with Crippen LogP contribution < -0.4 is 0 Å². The molecular formula is C38H65NO10. The van der Waals surface area contributed by atoms with Gasteiger partial charge in [-0.05, 0) is 70.4 Å². The molecule has 0 aromatic carbocycles. The van der Waals surface area contributed by atoms with E-state index < -0.39 is 61.2 Å². The van der Waals surface area contributed by atoms with Crippen LogP contribution in [0, 0.1) is 29.1 Å². The van der Waals surface area contributed by atoms with Crippen molar-refractivity contribution in [1.82, 2.24) is 4.90 Å². The maximum absolute atomic E-state index is 13.0. The van der Waals surface area contributed by atoms with Crippen LogP contribution >= 0.6 is 0 Å². The molecule has 0 aliphatic carbocycles. The van der Waals surface area contributed by atoms with Gasteiger partial charge in [0.15, 0.2) is 12.6 Å².